The number of sulfone groups is 1. The van der Waals surface area contributed by atoms with Gasteiger partial charge in [0.15, 0.2) is 15.8 Å². The van der Waals surface area contributed by atoms with E-state index in [1.807, 2.05) is 31.2 Å². The largest absolute Gasteiger partial charge is 0.496 e. The third kappa shape index (κ3) is 6.53. The highest BCUT2D eigenvalue weighted by Crippen LogP contribution is 2.19. The zero-order valence-corrected chi connectivity index (χ0v) is 17.0. The van der Waals surface area contributed by atoms with Gasteiger partial charge < -0.3 is 20.5 Å². The van der Waals surface area contributed by atoms with Crippen molar-refractivity contribution < 1.29 is 18.3 Å². The maximum atomic E-state index is 12.2. The van der Waals surface area contributed by atoms with Crippen molar-refractivity contribution in [2.24, 2.45) is 4.99 Å². The Labute approximate surface area is 164 Å². The molecule has 2 aromatic rings. The Kier molecular flexibility index (Phi) is 8.08. The summed E-state index contributed by atoms with van der Waals surface area (Å²) in [6.45, 7) is 3.03. The monoisotopic (exact) mass is 411 g/mol. The summed E-state index contributed by atoms with van der Waals surface area (Å²) in [6, 6.07) is 10.8. The molecule has 0 saturated carbocycles. The molecule has 0 bridgehead atoms. The highest BCUT2D eigenvalue weighted by molar-refractivity contribution is 7.93. The van der Waals surface area contributed by atoms with Crippen LogP contribution in [-0.4, -0.2) is 51.5 Å². The fourth-order valence-corrected chi connectivity index (χ4v) is 4.87. The predicted octanol–water partition coefficient (Wildman–Crippen LogP) is 1.65. The maximum Gasteiger partial charge on any atom is 0.191 e. The quantitative estimate of drug-likeness (QED) is 0.429. The molecule has 1 aromatic heterocycles. The highest BCUT2D eigenvalue weighted by Gasteiger charge is 2.20. The fraction of sp³-hybridized carbons (Fsp3) is 0.389. The van der Waals surface area contributed by atoms with Gasteiger partial charge >= 0.3 is 0 Å². The zero-order valence-electron chi connectivity index (χ0n) is 15.4. The lowest BCUT2D eigenvalue weighted by Gasteiger charge is -2.15. The minimum absolute atomic E-state index is 0.0718. The Hall–Kier alpha value is -2.10. The molecular weight excluding hydrogens is 386 g/mol. The summed E-state index contributed by atoms with van der Waals surface area (Å²) in [5.74, 6) is 0.905. The first kappa shape index (κ1) is 21.2. The maximum absolute atomic E-state index is 12.2. The van der Waals surface area contributed by atoms with E-state index in [1.54, 1.807) is 24.6 Å². The van der Waals surface area contributed by atoms with Gasteiger partial charge in [0.2, 0.25) is 0 Å². The van der Waals surface area contributed by atoms with Crippen LogP contribution in [0.2, 0.25) is 0 Å². The summed E-state index contributed by atoms with van der Waals surface area (Å²) in [5.41, 5.74) is 0.929. The number of guanidine groups is 1. The highest BCUT2D eigenvalue weighted by atomic mass is 32.2. The second kappa shape index (κ2) is 10.3. The molecule has 7 nitrogen and oxygen atoms in total. The summed E-state index contributed by atoms with van der Waals surface area (Å²) in [5, 5.41) is 17.9. The molecule has 1 heterocycles. The van der Waals surface area contributed by atoms with E-state index in [4.69, 9.17) is 4.74 Å². The molecule has 0 fully saturated rings. The number of thiophene rings is 1. The van der Waals surface area contributed by atoms with Crippen LogP contribution in [0.15, 0.2) is 51.0 Å². The summed E-state index contributed by atoms with van der Waals surface area (Å²) in [4.78, 5) is 4.47. The van der Waals surface area contributed by atoms with Gasteiger partial charge in [0.05, 0.1) is 25.5 Å². The van der Waals surface area contributed by atoms with Crippen LogP contribution in [0.5, 0.6) is 5.75 Å². The third-order valence-electron chi connectivity index (χ3n) is 3.66. The summed E-state index contributed by atoms with van der Waals surface area (Å²) in [7, 11) is -1.88. The molecule has 9 heteroatoms. The molecule has 0 saturated heterocycles. The number of hydrogen-bond donors (Lipinski definition) is 3. The number of hydrogen-bond acceptors (Lipinski definition) is 6. The van der Waals surface area contributed by atoms with Gasteiger partial charge in [0, 0.05) is 18.7 Å². The van der Waals surface area contributed by atoms with Gasteiger partial charge in [-0.1, -0.05) is 24.3 Å². The van der Waals surface area contributed by atoms with Crippen molar-refractivity contribution in [3.63, 3.8) is 0 Å². The van der Waals surface area contributed by atoms with Crippen LogP contribution >= 0.6 is 11.3 Å². The first-order valence-corrected chi connectivity index (χ1v) is 11.1. The molecule has 0 aliphatic heterocycles. The lowest BCUT2D eigenvalue weighted by molar-refractivity contribution is 0.200. The molecule has 0 aliphatic rings. The Balaban J connectivity index is 1.95. The summed E-state index contributed by atoms with van der Waals surface area (Å²) < 4.78 is 30.0. The van der Waals surface area contributed by atoms with Gasteiger partial charge in [0.1, 0.15) is 9.96 Å². The molecule has 148 valence electrons. The van der Waals surface area contributed by atoms with E-state index in [1.165, 1.54) is 0 Å². The Bertz CT molecular complexity index is 836. The fourth-order valence-electron chi connectivity index (χ4n) is 2.39. The average Bonchev–Trinajstić information content (AvgIpc) is 3.19. The van der Waals surface area contributed by atoms with Crippen molar-refractivity contribution in [1.82, 2.24) is 10.6 Å². The number of benzene rings is 1. The van der Waals surface area contributed by atoms with E-state index >= 15 is 0 Å². The molecule has 1 atom stereocenters. The number of nitrogens with one attached hydrogen (secondary N) is 2. The smallest absolute Gasteiger partial charge is 0.191 e. The molecule has 3 N–H and O–H groups in total. The van der Waals surface area contributed by atoms with E-state index in [-0.39, 0.29) is 16.5 Å². The molecule has 0 amide bonds. The Morgan fingerprint density at radius 2 is 2.04 bits per heavy atom. The molecule has 0 spiro atoms. The third-order valence-corrected chi connectivity index (χ3v) is 6.95. The van der Waals surface area contributed by atoms with E-state index < -0.39 is 15.9 Å². The first-order valence-electron chi connectivity index (χ1n) is 8.54. The van der Waals surface area contributed by atoms with Crippen molar-refractivity contribution in [3.05, 3.63) is 47.3 Å². The summed E-state index contributed by atoms with van der Waals surface area (Å²) >= 11 is 1.15. The molecule has 2 rings (SSSR count). The van der Waals surface area contributed by atoms with E-state index in [0.29, 0.717) is 19.0 Å². The van der Waals surface area contributed by atoms with Gasteiger partial charge in [0.25, 0.3) is 0 Å². The van der Waals surface area contributed by atoms with Crippen LogP contribution in [0.1, 0.15) is 12.5 Å². The van der Waals surface area contributed by atoms with Crippen LogP contribution < -0.4 is 15.4 Å². The second-order valence-electron chi connectivity index (χ2n) is 5.76. The van der Waals surface area contributed by atoms with Gasteiger partial charge in [-0.05, 0) is 24.4 Å². The number of methoxy groups -OCH3 is 1. The molecule has 1 unspecified atom stereocenters. The van der Waals surface area contributed by atoms with Crippen LogP contribution in [0, 0.1) is 0 Å². The molecule has 1 aromatic carbocycles. The number of rotatable bonds is 9. The summed E-state index contributed by atoms with van der Waals surface area (Å²) in [6.07, 6.45) is -1.05. The predicted molar refractivity (Wildman–Crippen MR) is 108 cm³/mol. The standard InChI is InChI=1S/C18H25N3O4S2/c1-3-19-18(20-11-14-7-4-5-8-16(14)25-2)21-12-15(22)13-27(23,24)17-9-6-10-26-17/h4-10,15,22H,3,11-13H2,1-2H3,(H2,19,20,21). The normalized spacial score (nSPS) is 13.2. The zero-order chi connectivity index (χ0) is 19.7. The van der Waals surface area contributed by atoms with Gasteiger partial charge in [-0.3, -0.25) is 0 Å². The molecular formula is C18H25N3O4S2. The van der Waals surface area contributed by atoms with Crippen molar-refractivity contribution in [2.45, 2.75) is 23.8 Å². The average molecular weight is 412 g/mol. The number of nitrogens with zero attached hydrogens (tertiary/aromatic N) is 1. The van der Waals surface area contributed by atoms with Crippen molar-refractivity contribution >= 4 is 27.1 Å². The Morgan fingerprint density at radius 1 is 1.26 bits per heavy atom. The Morgan fingerprint density at radius 3 is 2.70 bits per heavy atom. The van der Waals surface area contributed by atoms with Crippen LogP contribution in [0.3, 0.4) is 0 Å². The SMILES string of the molecule is CCNC(=NCc1ccccc1OC)NCC(O)CS(=O)(=O)c1cccs1. The number of para-hydroxylation sites is 1. The van der Waals surface area contributed by atoms with Crippen molar-refractivity contribution in [1.29, 1.82) is 0 Å². The van der Waals surface area contributed by atoms with E-state index in [0.717, 1.165) is 22.6 Å². The number of ether oxygens (including phenoxy) is 1. The lowest BCUT2D eigenvalue weighted by atomic mass is 10.2. The lowest BCUT2D eigenvalue weighted by Crippen LogP contribution is -2.42. The number of aliphatic hydroxyl groups is 1. The molecule has 27 heavy (non-hydrogen) atoms. The molecule has 0 aliphatic carbocycles. The number of aliphatic imine (C=N–C) groups is 1. The number of aliphatic hydroxyl groups excluding tert-OH is 1. The van der Waals surface area contributed by atoms with Crippen LogP contribution in [0.25, 0.3) is 0 Å². The minimum Gasteiger partial charge on any atom is -0.496 e. The van der Waals surface area contributed by atoms with E-state index in [9.17, 15) is 13.5 Å². The van der Waals surface area contributed by atoms with Gasteiger partial charge in [-0.2, -0.15) is 0 Å². The topological polar surface area (TPSA) is 100 Å². The van der Waals surface area contributed by atoms with Crippen LogP contribution in [0.4, 0.5) is 0 Å². The van der Waals surface area contributed by atoms with Crippen molar-refractivity contribution in [2.75, 3.05) is 26.0 Å². The van der Waals surface area contributed by atoms with E-state index in [2.05, 4.69) is 15.6 Å². The van der Waals surface area contributed by atoms with Crippen molar-refractivity contribution in [3.8, 4) is 5.75 Å². The minimum atomic E-state index is -3.49. The van der Waals surface area contributed by atoms with Gasteiger partial charge in [-0.15, -0.1) is 11.3 Å². The molecule has 0 radical (unpaired) electrons. The first-order chi connectivity index (χ1) is 13.0. The second-order valence-corrected chi connectivity index (χ2v) is 8.96. The van der Waals surface area contributed by atoms with Crippen LogP contribution in [-0.2, 0) is 16.4 Å². The van der Waals surface area contributed by atoms with Gasteiger partial charge in [-0.25, -0.2) is 13.4 Å².